The number of rotatable bonds is 8. The third-order valence-electron chi connectivity index (χ3n) is 7.16. The highest BCUT2D eigenvalue weighted by molar-refractivity contribution is 6.99. The number of benzene rings is 3. The van der Waals surface area contributed by atoms with Crippen LogP contribution in [0.1, 0.15) is 37.6 Å². The Balaban J connectivity index is 1.57. The SMILES string of the molecule is COC(=O)c1ccc(N2CCNC[C@@H]2CCO[Si](c2ccccc2)(c2ccccc2)C(C)(C)C)cc1. The molecule has 0 unspecified atom stereocenters. The molecule has 1 fully saturated rings. The fourth-order valence-corrected chi connectivity index (χ4v) is 9.95. The number of piperazine rings is 1. The van der Waals surface area contributed by atoms with Crippen LogP contribution in [0.4, 0.5) is 5.69 Å². The summed E-state index contributed by atoms with van der Waals surface area (Å²) >= 11 is 0. The first-order chi connectivity index (χ1) is 17.4. The van der Waals surface area contributed by atoms with E-state index in [1.807, 2.05) is 24.3 Å². The Morgan fingerprint density at radius 2 is 1.53 bits per heavy atom. The second-order valence-electron chi connectivity index (χ2n) is 10.4. The maximum atomic E-state index is 11.9. The molecule has 0 saturated carbocycles. The van der Waals surface area contributed by atoms with E-state index in [4.69, 9.17) is 9.16 Å². The second-order valence-corrected chi connectivity index (χ2v) is 14.7. The minimum atomic E-state index is -2.55. The Morgan fingerprint density at radius 3 is 2.06 bits per heavy atom. The van der Waals surface area contributed by atoms with Gasteiger partial charge in [-0.25, -0.2) is 4.79 Å². The third-order valence-corrected chi connectivity index (χ3v) is 12.2. The lowest BCUT2D eigenvalue weighted by Crippen LogP contribution is -2.66. The maximum absolute atomic E-state index is 11.9. The van der Waals surface area contributed by atoms with Crippen molar-refractivity contribution in [1.29, 1.82) is 0 Å². The van der Waals surface area contributed by atoms with E-state index >= 15 is 0 Å². The molecule has 1 N–H and O–H groups in total. The van der Waals surface area contributed by atoms with Crippen LogP contribution in [0.5, 0.6) is 0 Å². The summed E-state index contributed by atoms with van der Waals surface area (Å²) < 4.78 is 12.0. The Bertz CT molecular complexity index is 1070. The van der Waals surface area contributed by atoms with E-state index in [-0.39, 0.29) is 11.0 Å². The van der Waals surface area contributed by atoms with Gasteiger partial charge >= 0.3 is 5.97 Å². The van der Waals surface area contributed by atoms with Crippen LogP contribution < -0.4 is 20.6 Å². The van der Waals surface area contributed by atoms with Gasteiger partial charge in [-0.1, -0.05) is 81.4 Å². The number of anilines is 1. The Hall–Kier alpha value is -2.93. The highest BCUT2D eigenvalue weighted by Crippen LogP contribution is 2.37. The number of nitrogens with zero attached hydrogens (tertiary/aromatic N) is 1. The number of nitrogens with one attached hydrogen (secondary N) is 1. The van der Waals surface area contributed by atoms with Crippen molar-refractivity contribution in [2.45, 2.75) is 38.3 Å². The molecule has 0 spiro atoms. The van der Waals surface area contributed by atoms with Crippen LogP contribution in [-0.4, -0.2) is 53.7 Å². The van der Waals surface area contributed by atoms with Gasteiger partial charge in [0, 0.05) is 38.0 Å². The lowest BCUT2D eigenvalue weighted by Gasteiger charge is -2.44. The summed E-state index contributed by atoms with van der Waals surface area (Å²) in [6.07, 6.45) is 0.913. The lowest BCUT2D eigenvalue weighted by molar-refractivity contribution is 0.0600. The van der Waals surface area contributed by atoms with Crippen molar-refractivity contribution >= 4 is 30.3 Å². The first kappa shape index (κ1) is 26.1. The van der Waals surface area contributed by atoms with Crippen LogP contribution in [0.25, 0.3) is 0 Å². The molecule has 0 radical (unpaired) electrons. The van der Waals surface area contributed by atoms with E-state index in [9.17, 15) is 4.79 Å². The zero-order chi connectivity index (χ0) is 25.6. The molecular formula is C30H38N2O3Si. The number of carbonyl (C=O) groups is 1. The zero-order valence-electron chi connectivity index (χ0n) is 21.9. The van der Waals surface area contributed by atoms with Crippen LogP contribution in [0.3, 0.4) is 0 Å². The maximum Gasteiger partial charge on any atom is 0.337 e. The minimum Gasteiger partial charge on any atom is -0.465 e. The van der Waals surface area contributed by atoms with E-state index in [2.05, 4.69) is 91.7 Å². The van der Waals surface area contributed by atoms with Crippen molar-refractivity contribution in [2.24, 2.45) is 0 Å². The van der Waals surface area contributed by atoms with Gasteiger partial charge in [0.25, 0.3) is 8.32 Å². The van der Waals surface area contributed by atoms with Crippen molar-refractivity contribution in [2.75, 3.05) is 38.3 Å². The first-order valence-corrected chi connectivity index (χ1v) is 14.7. The van der Waals surface area contributed by atoms with E-state index < -0.39 is 8.32 Å². The molecule has 3 aromatic rings. The monoisotopic (exact) mass is 502 g/mol. The van der Waals surface area contributed by atoms with Gasteiger partial charge < -0.3 is 19.4 Å². The van der Waals surface area contributed by atoms with Gasteiger partial charge in [0.1, 0.15) is 0 Å². The van der Waals surface area contributed by atoms with Gasteiger partial charge in [-0.2, -0.15) is 0 Å². The molecule has 0 bridgehead atoms. The van der Waals surface area contributed by atoms with Crippen LogP contribution >= 0.6 is 0 Å². The number of ether oxygens (including phenoxy) is 1. The minimum absolute atomic E-state index is 0.0378. The average molecular weight is 503 g/mol. The van der Waals surface area contributed by atoms with Crippen molar-refractivity contribution < 1.29 is 14.0 Å². The predicted octanol–water partition coefficient (Wildman–Crippen LogP) is 4.22. The Labute approximate surface area is 216 Å². The molecule has 1 atom stereocenters. The summed E-state index contributed by atoms with van der Waals surface area (Å²) in [5.74, 6) is -0.308. The highest BCUT2D eigenvalue weighted by atomic mass is 28.4. The Kier molecular flexibility index (Phi) is 8.29. The quantitative estimate of drug-likeness (QED) is 0.369. The smallest absolute Gasteiger partial charge is 0.337 e. The predicted molar refractivity (Wildman–Crippen MR) is 150 cm³/mol. The standard InChI is InChI=1S/C30H38N2O3Si/c1-30(2,3)36(27-11-7-5-8-12-27,28-13-9-6-10-14-28)35-22-19-26-23-31-20-21-32(26)25-17-15-24(16-18-25)29(33)34-4/h5-18,26,31H,19-23H2,1-4H3/t26-/m0/s1. The molecule has 1 heterocycles. The fourth-order valence-electron chi connectivity index (χ4n) is 5.38. The van der Waals surface area contributed by atoms with E-state index in [1.165, 1.54) is 17.5 Å². The van der Waals surface area contributed by atoms with E-state index in [0.29, 0.717) is 18.2 Å². The second kappa shape index (κ2) is 11.4. The van der Waals surface area contributed by atoms with Gasteiger partial charge in [0.05, 0.1) is 12.7 Å². The summed E-state index contributed by atoms with van der Waals surface area (Å²) in [4.78, 5) is 14.3. The molecular weight excluding hydrogens is 464 g/mol. The first-order valence-electron chi connectivity index (χ1n) is 12.8. The van der Waals surface area contributed by atoms with Crippen molar-refractivity contribution in [1.82, 2.24) is 5.32 Å². The van der Waals surface area contributed by atoms with Gasteiger partial charge in [0.2, 0.25) is 0 Å². The molecule has 6 heteroatoms. The van der Waals surface area contributed by atoms with E-state index in [1.54, 1.807) is 0 Å². The molecule has 3 aromatic carbocycles. The average Bonchev–Trinajstić information content (AvgIpc) is 2.91. The largest absolute Gasteiger partial charge is 0.465 e. The summed E-state index contributed by atoms with van der Waals surface area (Å²) in [5, 5.41) is 6.13. The molecule has 36 heavy (non-hydrogen) atoms. The van der Waals surface area contributed by atoms with Crippen molar-refractivity contribution in [3.63, 3.8) is 0 Å². The number of hydrogen-bond donors (Lipinski definition) is 1. The topological polar surface area (TPSA) is 50.8 Å². The normalized spacial score (nSPS) is 16.6. The van der Waals surface area contributed by atoms with Gasteiger partial charge in [-0.3, -0.25) is 0 Å². The summed E-state index contributed by atoms with van der Waals surface area (Å²) in [6.45, 7) is 10.4. The van der Waals surface area contributed by atoms with Crippen molar-refractivity contribution in [3.05, 3.63) is 90.5 Å². The molecule has 1 aliphatic heterocycles. The van der Waals surface area contributed by atoms with Gasteiger partial charge in [-0.15, -0.1) is 0 Å². The number of methoxy groups -OCH3 is 1. The third kappa shape index (κ3) is 5.41. The van der Waals surface area contributed by atoms with Crippen LogP contribution in [0, 0.1) is 0 Å². The molecule has 1 aliphatic rings. The molecule has 4 rings (SSSR count). The highest BCUT2D eigenvalue weighted by Gasteiger charge is 2.50. The van der Waals surface area contributed by atoms with Crippen molar-refractivity contribution in [3.8, 4) is 0 Å². The fraction of sp³-hybridized carbons (Fsp3) is 0.367. The van der Waals surface area contributed by atoms with E-state index in [0.717, 1.165) is 31.7 Å². The molecule has 5 nitrogen and oxygen atoms in total. The summed E-state index contributed by atoms with van der Waals surface area (Å²) in [6, 6.07) is 29.6. The zero-order valence-corrected chi connectivity index (χ0v) is 22.9. The van der Waals surface area contributed by atoms with Gasteiger partial charge in [0.15, 0.2) is 0 Å². The van der Waals surface area contributed by atoms with Crippen LogP contribution in [0.15, 0.2) is 84.9 Å². The van der Waals surface area contributed by atoms with Crippen LogP contribution in [-0.2, 0) is 9.16 Å². The number of hydrogen-bond acceptors (Lipinski definition) is 5. The Morgan fingerprint density at radius 1 is 0.944 bits per heavy atom. The number of carbonyl (C=O) groups excluding carboxylic acids is 1. The summed E-state index contributed by atoms with van der Waals surface area (Å²) in [5.41, 5.74) is 1.70. The molecule has 190 valence electrons. The molecule has 1 saturated heterocycles. The molecule has 0 amide bonds. The summed E-state index contributed by atoms with van der Waals surface area (Å²) in [7, 11) is -1.14. The molecule has 0 aliphatic carbocycles. The van der Waals surface area contributed by atoms with Gasteiger partial charge in [-0.05, 0) is 46.1 Å². The number of esters is 1. The lowest BCUT2D eigenvalue weighted by atomic mass is 10.1. The van der Waals surface area contributed by atoms with Crippen LogP contribution in [0.2, 0.25) is 5.04 Å². The molecule has 0 aromatic heterocycles.